The van der Waals surface area contributed by atoms with E-state index in [4.69, 9.17) is 11.5 Å². The highest BCUT2D eigenvalue weighted by Crippen LogP contribution is 2.26. The number of benzene rings is 1. The second-order valence-corrected chi connectivity index (χ2v) is 3.51. The number of nitrogen functional groups attached to an aromatic ring is 1. The third-order valence-electron chi connectivity index (χ3n) is 2.14. The largest absolute Gasteiger partial charge is 0.398 e. The maximum Gasteiger partial charge on any atom is 0.130 e. The maximum atomic E-state index is 13.3. The van der Waals surface area contributed by atoms with Gasteiger partial charge >= 0.3 is 0 Å². The molecule has 0 bridgehead atoms. The van der Waals surface area contributed by atoms with Crippen LogP contribution in [0.1, 0.15) is 25.5 Å². The molecule has 0 amide bonds. The first-order chi connectivity index (χ1) is 6.04. The van der Waals surface area contributed by atoms with E-state index in [9.17, 15) is 4.39 Å². The predicted molar refractivity (Wildman–Crippen MR) is 52.6 cm³/mol. The molecule has 2 nitrogen and oxygen atoms in total. The molecule has 0 heterocycles. The van der Waals surface area contributed by atoms with E-state index in [-0.39, 0.29) is 17.8 Å². The lowest BCUT2D eigenvalue weighted by Crippen LogP contribution is -2.19. The molecule has 0 spiro atoms. The van der Waals surface area contributed by atoms with Gasteiger partial charge in [0.15, 0.2) is 0 Å². The molecule has 13 heavy (non-hydrogen) atoms. The first-order valence-electron chi connectivity index (χ1n) is 4.33. The van der Waals surface area contributed by atoms with Crippen molar-refractivity contribution >= 4 is 5.69 Å². The van der Waals surface area contributed by atoms with Gasteiger partial charge in [0.25, 0.3) is 0 Å². The van der Waals surface area contributed by atoms with E-state index in [0.717, 1.165) is 0 Å². The average Bonchev–Trinajstić information content (AvgIpc) is 2.03. The second-order valence-electron chi connectivity index (χ2n) is 3.51. The van der Waals surface area contributed by atoms with Gasteiger partial charge in [0, 0.05) is 17.3 Å². The molecule has 1 atom stereocenters. The normalized spacial score (nSPS) is 13.3. The van der Waals surface area contributed by atoms with Crippen LogP contribution < -0.4 is 11.5 Å². The summed E-state index contributed by atoms with van der Waals surface area (Å²) in [6, 6.07) is 4.30. The number of rotatable bonds is 2. The lowest BCUT2D eigenvalue weighted by molar-refractivity contribution is 0.486. The van der Waals surface area contributed by atoms with Gasteiger partial charge < -0.3 is 11.5 Å². The van der Waals surface area contributed by atoms with Gasteiger partial charge in [-0.05, 0) is 18.1 Å². The van der Waals surface area contributed by atoms with Crippen LogP contribution in [0.15, 0.2) is 18.2 Å². The van der Waals surface area contributed by atoms with Crippen LogP contribution in [0.25, 0.3) is 0 Å². The molecule has 1 aromatic carbocycles. The number of nitrogens with two attached hydrogens (primary N) is 2. The van der Waals surface area contributed by atoms with Crippen molar-refractivity contribution in [1.82, 2.24) is 0 Å². The number of hydrogen-bond donors (Lipinski definition) is 2. The van der Waals surface area contributed by atoms with Crippen LogP contribution in [0, 0.1) is 11.7 Å². The molecule has 0 radical (unpaired) electrons. The quantitative estimate of drug-likeness (QED) is 0.688. The maximum absolute atomic E-state index is 13.3. The SMILES string of the molecule is CC(C)C(N)c1c(N)cccc1F. The van der Waals surface area contributed by atoms with E-state index in [1.807, 2.05) is 13.8 Å². The van der Waals surface area contributed by atoms with Crippen LogP contribution in [0.2, 0.25) is 0 Å². The summed E-state index contributed by atoms with van der Waals surface area (Å²) in [7, 11) is 0. The number of anilines is 1. The molecule has 3 heteroatoms. The Hall–Kier alpha value is -1.09. The molecule has 0 fully saturated rings. The van der Waals surface area contributed by atoms with E-state index in [1.54, 1.807) is 12.1 Å². The minimum Gasteiger partial charge on any atom is -0.398 e. The minimum atomic E-state index is -0.332. The van der Waals surface area contributed by atoms with E-state index in [2.05, 4.69) is 0 Å². The van der Waals surface area contributed by atoms with Gasteiger partial charge in [-0.1, -0.05) is 19.9 Å². The molecule has 0 aliphatic heterocycles. The van der Waals surface area contributed by atoms with Gasteiger partial charge in [-0.2, -0.15) is 0 Å². The summed E-state index contributed by atoms with van der Waals surface area (Å²) >= 11 is 0. The highest BCUT2D eigenvalue weighted by molar-refractivity contribution is 5.49. The molecule has 1 aromatic rings. The average molecular weight is 182 g/mol. The third-order valence-corrected chi connectivity index (χ3v) is 2.14. The third kappa shape index (κ3) is 1.98. The highest BCUT2D eigenvalue weighted by Gasteiger charge is 2.17. The summed E-state index contributed by atoms with van der Waals surface area (Å²) in [5.41, 5.74) is 12.3. The zero-order valence-electron chi connectivity index (χ0n) is 7.92. The molecular formula is C10H15FN2. The molecule has 72 valence electrons. The molecule has 1 unspecified atom stereocenters. The summed E-state index contributed by atoms with van der Waals surface area (Å²) in [6.45, 7) is 3.88. The Balaban J connectivity index is 3.12. The van der Waals surface area contributed by atoms with E-state index >= 15 is 0 Å². The van der Waals surface area contributed by atoms with Crippen molar-refractivity contribution in [1.29, 1.82) is 0 Å². The first-order valence-corrected chi connectivity index (χ1v) is 4.33. The van der Waals surface area contributed by atoms with Crippen LogP contribution >= 0.6 is 0 Å². The molecule has 0 aliphatic rings. The summed E-state index contributed by atoms with van der Waals surface area (Å²) in [5, 5.41) is 0. The van der Waals surface area contributed by atoms with Gasteiger partial charge in [0.1, 0.15) is 5.82 Å². The molecule has 4 N–H and O–H groups in total. The molecular weight excluding hydrogens is 167 g/mol. The van der Waals surface area contributed by atoms with E-state index in [0.29, 0.717) is 11.3 Å². The zero-order chi connectivity index (χ0) is 10.0. The fourth-order valence-electron chi connectivity index (χ4n) is 1.24. The van der Waals surface area contributed by atoms with Crippen molar-refractivity contribution in [3.05, 3.63) is 29.6 Å². The summed E-state index contributed by atoms with van der Waals surface area (Å²) in [4.78, 5) is 0. The number of halogens is 1. The van der Waals surface area contributed by atoms with Crippen molar-refractivity contribution in [2.45, 2.75) is 19.9 Å². The van der Waals surface area contributed by atoms with Crippen LogP contribution in [0.4, 0.5) is 10.1 Å². The van der Waals surface area contributed by atoms with Gasteiger partial charge in [-0.3, -0.25) is 0 Å². The molecule has 0 saturated heterocycles. The Morgan fingerprint density at radius 3 is 2.38 bits per heavy atom. The Kier molecular flexibility index (Phi) is 2.88. The summed E-state index contributed by atoms with van der Waals surface area (Å²) in [5.74, 6) is -0.139. The van der Waals surface area contributed by atoms with Crippen molar-refractivity contribution in [3.8, 4) is 0 Å². The van der Waals surface area contributed by atoms with Crippen molar-refractivity contribution < 1.29 is 4.39 Å². The van der Waals surface area contributed by atoms with Gasteiger partial charge in [-0.25, -0.2) is 4.39 Å². The first kappa shape index (κ1) is 9.99. The monoisotopic (exact) mass is 182 g/mol. The van der Waals surface area contributed by atoms with Gasteiger partial charge in [0.05, 0.1) is 0 Å². The van der Waals surface area contributed by atoms with Gasteiger partial charge in [-0.15, -0.1) is 0 Å². The Labute approximate surface area is 77.7 Å². The number of hydrogen-bond acceptors (Lipinski definition) is 2. The lowest BCUT2D eigenvalue weighted by Gasteiger charge is -2.18. The van der Waals surface area contributed by atoms with E-state index in [1.165, 1.54) is 6.07 Å². The van der Waals surface area contributed by atoms with Crippen LogP contribution in [-0.2, 0) is 0 Å². The van der Waals surface area contributed by atoms with E-state index < -0.39 is 0 Å². The highest BCUT2D eigenvalue weighted by atomic mass is 19.1. The topological polar surface area (TPSA) is 52.0 Å². The molecule has 0 aliphatic carbocycles. The molecule has 0 saturated carbocycles. The Morgan fingerprint density at radius 1 is 1.31 bits per heavy atom. The Morgan fingerprint density at radius 2 is 1.92 bits per heavy atom. The fourth-order valence-corrected chi connectivity index (χ4v) is 1.24. The lowest BCUT2D eigenvalue weighted by atomic mass is 9.95. The summed E-state index contributed by atoms with van der Waals surface area (Å²) < 4.78 is 13.3. The predicted octanol–water partition coefficient (Wildman–Crippen LogP) is 2.06. The van der Waals surface area contributed by atoms with Crippen LogP contribution in [0.5, 0.6) is 0 Å². The van der Waals surface area contributed by atoms with Crippen LogP contribution in [0.3, 0.4) is 0 Å². The zero-order valence-corrected chi connectivity index (χ0v) is 7.92. The molecule has 1 rings (SSSR count). The smallest absolute Gasteiger partial charge is 0.130 e. The summed E-state index contributed by atoms with van der Waals surface area (Å²) in [6.07, 6.45) is 0. The fraction of sp³-hybridized carbons (Fsp3) is 0.400. The van der Waals surface area contributed by atoms with Crippen LogP contribution in [-0.4, -0.2) is 0 Å². The molecule has 0 aromatic heterocycles. The van der Waals surface area contributed by atoms with Gasteiger partial charge in [0.2, 0.25) is 0 Å². The van der Waals surface area contributed by atoms with Crippen molar-refractivity contribution in [3.63, 3.8) is 0 Å². The van der Waals surface area contributed by atoms with Crippen molar-refractivity contribution in [2.24, 2.45) is 11.7 Å². The standard InChI is InChI=1S/C10H15FN2/c1-6(2)10(13)9-7(11)4-3-5-8(9)12/h3-6,10H,12-13H2,1-2H3. The van der Waals surface area contributed by atoms with Crippen molar-refractivity contribution in [2.75, 3.05) is 5.73 Å². The second kappa shape index (κ2) is 3.75. The Bertz CT molecular complexity index is 277. The minimum absolute atomic E-state index is 0.180.